The fraction of sp³-hybridized carbons (Fsp3) is 0.294. The molecule has 0 bridgehead atoms. The van der Waals surface area contributed by atoms with Gasteiger partial charge >= 0.3 is 0 Å². The molecule has 38 heavy (non-hydrogen) atoms. The molecule has 3 aromatic carbocycles. The molecule has 0 N–H and O–H groups in total. The van der Waals surface area contributed by atoms with Gasteiger partial charge in [0, 0.05) is 26.1 Å². The number of nitrogens with zero attached hydrogens (tertiary/aromatic N) is 3. The molecule has 0 amide bonds. The second-order valence-corrected chi connectivity index (χ2v) is 9.91. The Balaban J connectivity index is 1.63. The minimum atomic E-state index is 0.513. The lowest BCUT2D eigenvalue weighted by Crippen LogP contribution is -2.47. The fourth-order valence-electron chi connectivity index (χ4n) is 5.17. The maximum absolute atomic E-state index is 9.83. The SMILES string of the molecule is CC/C(=C(\C(C)=C\c1ccccc1C)c1ccc(OCCN2CC(CC#N)C2)cc1)c1ccccc1C#N. The number of ether oxygens (including phenoxy) is 1. The fourth-order valence-corrected chi connectivity index (χ4v) is 5.17. The van der Waals surface area contributed by atoms with Gasteiger partial charge in [0.15, 0.2) is 0 Å². The molecule has 4 nitrogen and oxygen atoms in total. The summed E-state index contributed by atoms with van der Waals surface area (Å²) in [6.07, 6.45) is 3.69. The summed E-state index contributed by atoms with van der Waals surface area (Å²) < 4.78 is 6.04. The zero-order valence-corrected chi connectivity index (χ0v) is 22.6. The molecule has 1 aliphatic rings. The topological polar surface area (TPSA) is 60.0 Å². The van der Waals surface area contributed by atoms with Gasteiger partial charge in [-0.05, 0) is 83.4 Å². The van der Waals surface area contributed by atoms with Crippen LogP contribution in [0.3, 0.4) is 0 Å². The summed E-state index contributed by atoms with van der Waals surface area (Å²) in [6.45, 7) is 9.91. The van der Waals surface area contributed by atoms with Crippen LogP contribution in [0.15, 0.2) is 78.4 Å². The maximum atomic E-state index is 9.83. The van der Waals surface area contributed by atoms with Crippen molar-refractivity contribution in [2.75, 3.05) is 26.2 Å². The van der Waals surface area contributed by atoms with E-state index in [1.165, 1.54) is 11.1 Å². The van der Waals surface area contributed by atoms with E-state index in [9.17, 15) is 5.26 Å². The van der Waals surface area contributed by atoms with Gasteiger partial charge in [-0.2, -0.15) is 10.5 Å². The first-order valence-corrected chi connectivity index (χ1v) is 13.3. The van der Waals surface area contributed by atoms with Crippen molar-refractivity contribution >= 4 is 17.2 Å². The van der Waals surface area contributed by atoms with E-state index in [0.29, 0.717) is 24.5 Å². The monoisotopic (exact) mass is 501 g/mol. The number of aryl methyl sites for hydroxylation is 1. The molecule has 1 fully saturated rings. The number of hydrogen-bond acceptors (Lipinski definition) is 4. The van der Waals surface area contributed by atoms with E-state index in [0.717, 1.165) is 59.7 Å². The summed E-state index contributed by atoms with van der Waals surface area (Å²) in [5, 5.41) is 18.6. The van der Waals surface area contributed by atoms with Gasteiger partial charge in [-0.3, -0.25) is 4.90 Å². The molecule has 3 aromatic rings. The lowest BCUT2D eigenvalue weighted by Gasteiger charge is -2.37. The molecular weight excluding hydrogens is 466 g/mol. The molecule has 1 heterocycles. The van der Waals surface area contributed by atoms with E-state index >= 15 is 0 Å². The van der Waals surface area contributed by atoms with Gasteiger partial charge in [0.25, 0.3) is 0 Å². The molecule has 0 unspecified atom stereocenters. The number of nitriles is 2. The normalized spacial score (nSPS) is 14.7. The van der Waals surface area contributed by atoms with E-state index < -0.39 is 0 Å². The first kappa shape index (κ1) is 26.9. The third-order valence-electron chi connectivity index (χ3n) is 7.21. The van der Waals surface area contributed by atoms with Crippen LogP contribution in [-0.4, -0.2) is 31.1 Å². The smallest absolute Gasteiger partial charge is 0.119 e. The van der Waals surface area contributed by atoms with Crippen LogP contribution in [-0.2, 0) is 0 Å². The molecule has 0 aliphatic carbocycles. The number of allylic oxidation sites excluding steroid dienone is 3. The van der Waals surface area contributed by atoms with E-state index in [-0.39, 0.29) is 0 Å². The third-order valence-corrected chi connectivity index (χ3v) is 7.21. The van der Waals surface area contributed by atoms with Gasteiger partial charge in [-0.15, -0.1) is 0 Å². The van der Waals surface area contributed by atoms with Crippen molar-refractivity contribution in [2.24, 2.45) is 5.92 Å². The molecular formula is C34H35N3O. The van der Waals surface area contributed by atoms with Crippen LogP contribution in [0, 0.1) is 35.5 Å². The summed E-state index contributed by atoms with van der Waals surface area (Å²) in [5.74, 6) is 1.36. The highest BCUT2D eigenvalue weighted by molar-refractivity contribution is 6.01. The van der Waals surface area contributed by atoms with Crippen molar-refractivity contribution in [2.45, 2.75) is 33.6 Å². The Hall–Kier alpha value is -4.12. The lowest BCUT2D eigenvalue weighted by atomic mass is 9.86. The molecule has 0 radical (unpaired) electrons. The van der Waals surface area contributed by atoms with Crippen LogP contribution >= 0.6 is 0 Å². The largest absolute Gasteiger partial charge is 0.492 e. The molecule has 4 heteroatoms. The molecule has 1 aliphatic heterocycles. The zero-order chi connectivity index (χ0) is 26.9. The quantitative estimate of drug-likeness (QED) is 0.213. The number of likely N-dealkylation sites (tertiary alicyclic amines) is 1. The Morgan fingerprint density at radius 1 is 1.00 bits per heavy atom. The highest BCUT2D eigenvalue weighted by Crippen LogP contribution is 2.37. The molecule has 1 saturated heterocycles. The third kappa shape index (κ3) is 6.41. The average molecular weight is 502 g/mol. The van der Waals surface area contributed by atoms with Gasteiger partial charge < -0.3 is 4.74 Å². The van der Waals surface area contributed by atoms with Crippen molar-refractivity contribution in [1.29, 1.82) is 10.5 Å². The Bertz CT molecular complexity index is 1400. The van der Waals surface area contributed by atoms with E-state index in [1.807, 2.05) is 36.4 Å². The van der Waals surface area contributed by atoms with Crippen LogP contribution in [0.4, 0.5) is 0 Å². The first-order valence-electron chi connectivity index (χ1n) is 13.3. The lowest BCUT2D eigenvalue weighted by molar-refractivity contribution is 0.0854. The van der Waals surface area contributed by atoms with Crippen LogP contribution in [0.2, 0.25) is 0 Å². The Labute approximate surface area is 227 Å². The second-order valence-electron chi connectivity index (χ2n) is 9.91. The average Bonchev–Trinajstić information content (AvgIpc) is 2.92. The Kier molecular flexibility index (Phi) is 9.15. The second kappa shape index (κ2) is 12.9. The summed E-state index contributed by atoms with van der Waals surface area (Å²) in [6, 6.07) is 29.2. The Morgan fingerprint density at radius 3 is 2.39 bits per heavy atom. The van der Waals surface area contributed by atoms with Crippen molar-refractivity contribution in [1.82, 2.24) is 4.90 Å². The van der Waals surface area contributed by atoms with Crippen molar-refractivity contribution in [3.63, 3.8) is 0 Å². The molecule has 0 saturated carbocycles. The predicted molar refractivity (Wildman–Crippen MR) is 155 cm³/mol. The van der Waals surface area contributed by atoms with Crippen LogP contribution in [0.25, 0.3) is 17.2 Å². The zero-order valence-electron chi connectivity index (χ0n) is 22.6. The number of rotatable bonds is 10. The van der Waals surface area contributed by atoms with Gasteiger partial charge in [-0.1, -0.05) is 67.6 Å². The van der Waals surface area contributed by atoms with Crippen molar-refractivity contribution < 1.29 is 4.74 Å². The summed E-state index contributed by atoms with van der Waals surface area (Å²) in [7, 11) is 0. The highest BCUT2D eigenvalue weighted by atomic mass is 16.5. The standard InChI is InChI=1S/C34H35N3O/c1-4-32(33-12-8-7-11-30(33)22-36)34(26(3)21-29-10-6-5-9-25(29)2)28-13-15-31(16-14-28)38-20-19-37-23-27(24-37)17-18-35/h5-16,21,27H,4,17,19-20,23-24H2,1-3H3/b26-21+,34-32-. The highest BCUT2D eigenvalue weighted by Gasteiger charge is 2.25. The summed E-state index contributed by atoms with van der Waals surface area (Å²) in [4.78, 5) is 2.33. The summed E-state index contributed by atoms with van der Waals surface area (Å²) in [5.41, 5.74) is 8.65. The number of hydrogen-bond donors (Lipinski definition) is 0. The van der Waals surface area contributed by atoms with E-state index in [4.69, 9.17) is 10.00 Å². The van der Waals surface area contributed by atoms with Crippen LogP contribution < -0.4 is 4.74 Å². The minimum Gasteiger partial charge on any atom is -0.492 e. The number of benzene rings is 3. The van der Waals surface area contributed by atoms with E-state index in [1.54, 1.807) is 0 Å². The van der Waals surface area contributed by atoms with Crippen LogP contribution in [0.5, 0.6) is 5.75 Å². The van der Waals surface area contributed by atoms with Crippen LogP contribution in [0.1, 0.15) is 54.5 Å². The Morgan fingerprint density at radius 2 is 1.71 bits per heavy atom. The molecule has 4 rings (SSSR count). The maximum Gasteiger partial charge on any atom is 0.119 e. The van der Waals surface area contributed by atoms with Gasteiger partial charge in [-0.25, -0.2) is 0 Å². The van der Waals surface area contributed by atoms with Gasteiger partial charge in [0.2, 0.25) is 0 Å². The van der Waals surface area contributed by atoms with E-state index in [2.05, 4.69) is 80.3 Å². The molecule has 0 atom stereocenters. The summed E-state index contributed by atoms with van der Waals surface area (Å²) >= 11 is 0. The molecule has 0 aromatic heterocycles. The van der Waals surface area contributed by atoms with Crippen molar-refractivity contribution in [3.05, 3.63) is 106 Å². The molecule has 192 valence electrons. The van der Waals surface area contributed by atoms with Gasteiger partial charge in [0.05, 0.1) is 17.7 Å². The first-order chi connectivity index (χ1) is 18.5. The minimum absolute atomic E-state index is 0.513. The van der Waals surface area contributed by atoms with Gasteiger partial charge in [0.1, 0.15) is 12.4 Å². The predicted octanol–water partition coefficient (Wildman–Crippen LogP) is 7.52. The molecule has 0 spiro atoms. The van der Waals surface area contributed by atoms with Crippen molar-refractivity contribution in [3.8, 4) is 17.9 Å².